The minimum Gasteiger partial charge on any atom is -0.371 e. The molecule has 0 bridgehead atoms. The van der Waals surface area contributed by atoms with Crippen molar-refractivity contribution in [3.63, 3.8) is 0 Å². The molecular formula is C8H14O2. The van der Waals surface area contributed by atoms with Gasteiger partial charge < -0.3 is 9.84 Å². The standard InChI is InChI=1S/C8H14O2/c9-7-10-6-8-4-2-1-3-5-8/h2,4,8-9H,1,3,5-7H2/t8-/m0/s1. The van der Waals surface area contributed by atoms with Gasteiger partial charge >= 0.3 is 0 Å². The lowest BCUT2D eigenvalue weighted by Crippen LogP contribution is -2.09. The first kappa shape index (κ1) is 7.76. The highest BCUT2D eigenvalue weighted by molar-refractivity contribution is 4.92. The van der Waals surface area contributed by atoms with Crippen LogP contribution < -0.4 is 0 Å². The van der Waals surface area contributed by atoms with Crippen molar-refractivity contribution in [2.75, 3.05) is 13.4 Å². The van der Waals surface area contributed by atoms with E-state index in [0.29, 0.717) is 12.5 Å². The van der Waals surface area contributed by atoms with E-state index < -0.39 is 0 Å². The third-order valence-corrected chi connectivity index (χ3v) is 1.78. The van der Waals surface area contributed by atoms with Crippen LogP contribution in [0.1, 0.15) is 19.3 Å². The zero-order valence-corrected chi connectivity index (χ0v) is 6.12. The molecule has 1 rings (SSSR count). The van der Waals surface area contributed by atoms with Crippen LogP contribution in [0.5, 0.6) is 0 Å². The fourth-order valence-corrected chi connectivity index (χ4v) is 1.23. The fourth-order valence-electron chi connectivity index (χ4n) is 1.23. The van der Waals surface area contributed by atoms with Crippen molar-refractivity contribution in [3.05, 3.63) is 12.2 Å². The SMILES string of the molecule is OCOC[C@H]1C=CCCC1. The monoisotopic (exact) mass is 142 g/mol. The van der Waals surface area contributed by atoms with Crippen molar-refractivity contribution in [1.82, 2.24) is 0 Å². The van der Waals surface area contributed by atoms with E-state index in [9.17, 15) is 0 Å². The van der Waals surface area contributed by atoms with Crippen LogP contribution in [-0.2, 0) is 4.74 Å². The van der Waals surface area contributed by atoms with Gasteiger partial charge in [0.25, 0.3) is 0 Å². The summed E-state index contributed by atoms with van der Waals surface area (Å²) in [7, 11) is 0. The molecule has 0 fully saturated rings. The number of ether oxygens (including phenoxy) is 1. The number of aliphatic hydroxyl groups excluding tert-OH is 1. The summed E-state index contributed by atoms with van der Waals surface area (Å²) in [6.07, 6.45) is 8.04. The highest BCUT2D eigenvalue weighted by Crippen LogP contribution is 2.16. The Kier molecular flexibility index (Phi) is 3.47. The maximum Gasteiger partial charge on any atom is 0.143 e. The van der Waals surface area contributed by atoms with Gasteiger partial charge in [-0.1, -0.05) is 12.2 Å². The first-order chi connectivity index (χ1) is 4.93. The van der Waals surface area contributed by atoms with Crippen LogP contribution in [0, 0.1) is 5.92 Å². The van der Waals surface area contributed by atoms with Crippen molar-refractivity contribution in [1.29, 1.82) is 0 Å². The Morgan fingerprint density at radius 2 is 2.50 bits per heavy atom. The first-order valence-electron chi connectivity index (χ1n) is 3.78. The lowest BCUT2D eigenvalue weighted by Gasteiger charge is -2.14. The zero-order valence-electron chi connectivity index (χ0n) is 6.12. The van der Waals surface area contributed by atoms with E-state index in [2.05, 4.69) is 12.2 Å². The molecule has 0 amide bonds. The molecule has 10 heavy (non-hydrogen) atoms. The van der Waals surface area contributed by atoms with Gasteiger partial charge in [-0.2, -0.15) is 0 Å². The Morgan fingerprint density at radius 3 is 3.10 bits per heavy atom. The molecule has 1 N–H and O–H groups in total. The summed E-state index contributed by atoms with van der Waals surface area (Å²) in [4.78, 5) is 0. The second-order valence-electron chi connectivity index (χ2n) is 2.62. The third kappa shape index (κ3) is 2.50. The average Bonchev–Trinajstić information content (AvgIpc) is 2.03. The van der Waals surface area contributed by atoms with Gasteiger partial charge in [-0.05, 0) is 19.3 Å². The molecule has 0 unspecified atom stereocenters. The van der Waals surface area contributed by atoms with Crippen molar-refractivity contribution in [2.24, 2.45) is 5.92 Å². The van der Waals surface area contributed by atoms with Gasteiger partial charge in [0.05, 0.1) is 6.61 Å². The van der Waals surface area contributed by atoms with Gasteiger partial charge in [-0.25, -0.2) is 0 Å². The molecular weight excluding hydrogens is 128 g/mol. The summed E-state index contributed by atoms with van der Waals surface area (Å²) < 4.78 is 4.88. The molecule has 0 heterocycles. The summed E-state index contributed by atoms with van der Waals surface area (Å²) in [5.41, 5.74) is 0. The lowest BCUT2D eigenvalue weighted by atomic mass is 9.97. The Hall–Kier alpha value is -0.340. The van der Waals surface area contributed by atoms with E-state index in [-0.39, 0.29) is 6.79 Å². The third-order valence-electron chi connectivity index (χ3n) is 1.78. The second-order valence-corrected chi connectivity index (χ2v) is 2.62. The molecule has 0 aromatic rings. The number of rotatable bonds is 3. The number of allylic oxidation sites excluding steroid dienone is 1. The van der Waals surface area contributed by atoms with Crippen LogP contribution >= 0.6 is 0 Å². The molecule has 1 atom stereocenters. The van der Waals surface area contributed by atoms with E-state index in [1.54, 1.807) is 0 Å². The molecule has 0 saturated heterocycles. The van der Waals surface area contributed by atoms with Crippen molar-refractivity contribution < 1.29 is 9.84 Å². The highest BCUT2D eigenvalue weighted by atomic mass is 16.6. The maximum absolute atomic E-state index is 8.35. The molecule has 0 aromatic carbocycles. The summed E-state index contributed by atoms with van der Waals surface area (Å²) >= 11 is 0. The maximum atomic E-state index is 8.35. The van der Waals surface area contributed by atoms with Crippen LogP contribution in [0.3, 0.4) is 0 Å². The van der Waals surface area contributed by atoms with Crippen LogP contribution in [0.25, 0.3) is 0 Å². The number of hydrogen-bond acceptors (Lipinski definition) is 2. The normalized spacial score (nSPS) is 25.1. The Labute approximate surface area is 61.5 Å². The minimum absolute atomic E-state index is 0.148. The van der Waals surface area contributed by atoms with E-state index in [0.717, 1.165) is 0 Å². The van der Waals surface area contributed by atoms with Crippen LogP contribution in [0.15, 0.2) is 12.2 Å². The zero-order chi connectivity index (χ0) is 7.23. The van der Waals surface area contributed by atoms with Gasteiger partial charge in [0.2, 0.25) is 0 Å². The molecule has 0 radical (unpaired) electrons. The quantitative estimate of drug-likeness (QED) is 0.475. The Balaban J connectivity index is 2.13. The highest BCUT2D eigenvalue weighted by Gasteiger charge is 2.06. The van der Waals surface area contributed by atoms with Crippen molar-refractivity contribution >= 4 is 0 Å². The Morgan fingerprint density at radius 1 is 1.60 bits per heavy atom. The summed E-state index contributed by atoms with van der Waals surface area (Å²) in [5, 5.41) is 8.35. The molecule has 0 spiro atoms. The predicted octanol–water partition coefficient (Wildman–Crippen LogP) is 1.31. The fraction of sp³-hybridized carbons (Fsp3) is 0.750. The summed E-state index contributed by atoms with van der Waals surface area (Å²) in [5.74, 6) is 0.542. The van der Waals surface area contributed by atoms with Gasteiger partial charge in [-0.15, -0.1) is 0 Å². The topological polar surface area (TPSA) is 29.5 Å². The second kappa shape index (κ2) is 4.47. The Bertz CT molecular complexity index is 110. The largest absolute Gasteiger partial charge is 0.371 e. The number of aliphatic hydroxyl groups is 1. The van der Waals surface area contributed by atoms with E-state index >= 15 is 0 Å². The lowest BCUT2D eigenvalue weighted by molar-refractivity contribution is -0.0131. The van der Waals surface area contributed by atoms with E-state index in [4.69, 9.17) is 9.84 Å². The number of hydrogen-bond donors (Lipinski definition) is 1. The van der Waals surface area contributed by atoms with Gasteiger partial charge in [0, 0.05) is 5.92 Å². The first-order valence-corrected chi connectivity index (χ1v) is 3.78. The van der Waals surface area contributed by atoms with Crippen LogP contribution in [0.2, 0.25) is 0 Å². The predicted molar refractivity (Wildman–Crippen MR) is 39.5 cm³/mol. The molecule has 58 valence electrons. The molecule has 2 nitrogen and oxygen atoms in total. The molecule has 2 heteroatoms. The molecule has 0 saturated carbocycles. The van der Waals surface area contributed by atoms with Crippen molar-refractivity contribution in [2.45, 2.75) is 19.3 Å². The summed E-state index contributed by atoms with van der Waals surface area (Å²) in [6, 6.07) is 0. The molecule has 0 aliphatic heterocycles. The van der Waals surface area contributed by atoms with E-state index in [1.165, 1.54) is 19.3 Å². The summed E-state index contributed by atoms with van der Waals surface area (Å²) in [6.45, 7) is 0.525. The molecule has 1 aliphatic rings. The van der Waals surface area contributed by atoms with Gasteiger partial charge in [0.15, 0.2) is 0 Å². The van der Waals surface area contributed by atoms with Crippen LogP contribution in [-0.4, -0.2) is 18.5 Å². The minimum atomic E-state index is -0.148. The van der Waals surface area contributed by atoms with Crippen LogP contribution in [0.4, 0.5) is 0 Å². The van der Waals surface area contributed by atoms with Gasteiger partial charge in [-0.3, -0.25) is 0 Å². The van der Waals surface area contributed by atoms with E-state index in [1.807, 2.05) is 0 Å². The molecule has 1 aliphatic carbocycles. The van der Waals surface area contributed by atoms with Gasteiger partial charge in [0.1, 0.15) is 6.79 Å². The average molecular weight is 142 g/mol. The molecule has 0 aromatic heterocycles. The van der Waals surface area contributed by atoms with Crippen molar-refractivity contribution in [3.8, 4) is 0 Å². The smallest absolute Gasteiger partial charge is 0.143 e.